The molecule has 0 amide bonds. The number of halogens is 2. The highest BCUT2D eigenvalue weighted by Crippen LogP contribution is 2.34. The zero-order chi connectivity index (χ0) is 28.7. The van der Waals surface area contributed by atoms with E-state index in [0.717, 1.165) is 5.69 Å². The van der Waals surface area contributed by atoms with E-state index in [2.05, 4.69) is 34.0 Å². The Labute approximate surface area is 238 Å². The molecule has 9 nitrogen and oxygen atoms in total. The molecule has 4 heterocycles. The fourth-order valence-corrected chi connectivity index (χ4v) is 5.97. The standard InChI is InChI=1S/C29H37ClFN5O4/c1-15(2)36-23(11-35-16(3)12-40-13-17(35)4)18(5)28(38)20-7-6-19(25(31)27(20)36)26-21(30)10-32-29(34-26)33-22-8-9-39-14-24(22)37/h6-7,10,15-17,22,24,37H,8-9,11-14H2,1-5H3,(H,32,33,34)/t16-,17-,22-,24-/m1/s1. The van der Waals surface area contributed by atoms with Crippen molar-refractivity contribution < 1.29 is 19.0 Å². The van der Waals surface area contributed by atoms with Crippen molar-refractivity contribution in [3.63, 3.8) is 0 Å². The van der Waals surface area contributed by atoms with E-state index in [1.165, 1.54) is 6.20 Å². The van der Waals surface area contributed by atoms with Crippen LogP contribution in [0.25, 0.3) is 22.2 Å². The van der Waals surface area contributed by atoms with Crippen LogP contribution in [0.1, 0.15) is 51.4 Å². The largest absolute Gasteiger partial charge is 0.389 e. The number of nitrogens with one attached hydrogen (secondary N) is 1. The molecule has 40 heavy (non-hydrogen) atoms. The number of anilines is 1. The molecule has 2 aliphatic heterocycles. The third-order valence-corrected chi connectivity index (χ3v) is 8.28. The summed E-state index contributed by atoms with van der Waals surface area (Å²) in [5.74, 6) is -0.337. The van der Waals surface area contributed by atoms with Crippen LogP contribution in [-0.2, 0) is 16.0 Å². The Morgan fingerprint density at radius 2 is 1.93 bits per heavy atom. The summed E-state index contributed by atoms with van der Waals surface area (Å²) in [6.07, 6.45) is 1.28. The third-order valence-electron chi connectivity index (χ3n) is 8.01. The Bertz CT molecular complexity index is 1450. The summed E-state index contributed by atoms with van der Waals surface area (Å²) in [4.78, 5) is 24.7. The molecule has 0 spiro atoms. The molecule has 0 bridgehead atoms. The molecular formula is C29H37ClFN5O4. The summed E-state index contributed by atoms with van der Waals surface area (Å²) in [6, 6.07) is 3.10. The first-order valence-corrected chi connectivity index (χ1v) is 14.2. The van der Waals surface area contributed by atoms with Crippen molar-refractivity contribution in [2.24, 2.45) is 0 Å². The number of aromatic nitrogens is 3. The highest BCUT2D eigenvalue weighted by molar-refractivity contribution is 6.33. The van der Waals surface area contributed by atoms with Gasteiger partial charge in [0.2, 0.25) is 5.95 Å². The van der Waals surface area contributed by atoms with Crippen LogP contribution in [0.4, 0.5) is 10.3 Å². The number of benzene rings is 1. The van der Waals surface area contributed by atoms with Crippen molar-refractivity contribution in [1.82, 2.24) is 19.4 Å². The van der Waals surface area contributed by atoms with Gasteiger partial charge in [0.05, 0.1) is 54.4 Å². The second-order valence-corrected chi connectivity index (χ2v) is 11.6. The number of hydrogen-bond acceptors (Lipinski definition) is 8. The van der Waals surface area contributed by atoms with Gasteiger partial charge < -0.3 is 24.5 Å². The van der Waals surface area contributed by atoms with Gasteiger partial charge in [-0.05, 0) is 53.2 Å². The zero-order valence-electron chi connectivity index (χ0n) is 23.6. The fraction of sp³-hybridized carbons (Fsp3) is 0.552. The number of fused-ring (bicyclic) bond motifs is 1. The number of aliphatic hydroxyl groups is 1. The van der Waals surface area contributed by atoms with E-state index < -0.39 is 11.9 Å². The van der Waals surface area contributed by atoms with Crippen molar-refractivity contribution in [2.75, 3.05) is 31.7 Å². The van der Waals surface area contributed by atoms with E-state index in [-0.39, 0.29) is 63.9 Å². The number of morpholine rings is 1. The lowest BCUT2D eigenvalue weighted by Crippen LogP contribution is -2.49. The Morgan fingerprint density at radius 3 is 2.60 bits per heavy atom. The Balaban J connectivity index is 1.64. The minimum absolute atomic E-state index is 0.124. The molecule has 2 fully saturated rings. The van der Waals surface area contributed by atoms with Crippen LogP contribution in [0.5, 0.6) is 0 Å². The van der Waals surface area contributed by atoms with Crippen molar-refractivity contribution in [3.05, 3.63) is 50.7 Å². The average Bonchev–Trinajstić information content (AvgIpc) is 2.91. The SMILES string of the molecule is Cc1c(CN2[C@H](C)COC[C@H]2C)n(C(C)C)c2c(F)c(-c3nc(N[C@@H]4CCOC[C@H]4O)ncc3Cl)ccc2c1=O. The highest BCUT2D eigenvalue weighted by Gasteiger charge is 2.30. The lowest BCUT2D eigenvalue weighted by molar-refractivity contribution is -0.0421. The summed E-state index contributed by atoms with van der Waals surface area (Å²) >= 11 is 6.50. The van der Waals surface area contributed by atoms with Gasteiger partial charge in [0.1, 0.15) is 0 Å². The first-order chi connectivity index (χ1) is 19.1. The van der Waals surface area contributed by atoms with E-state index in [1.807, 2.05) is 25.3 Å². The number of aliphatic hydroxyl groups excluding tert-OH is 1. The van der Waals surface area contributed by atoms with Gasteiger partial charge in [0.15, 0.2) is 11.2 Å². The van der Waals surface area contributed by atoms with Gasteiger partial charge in [0.25, 0.3) is 0 Å². The minimum atomic E-state index is -0.715. The van der Waals surface area contributed by atoms with Gasteiger partial charge in [-0.15, -0.1) is 0 Å². The van der Waals surface area contributed by atoms with Crippen LogP contribution in [0, 0.1) is 12.7 Å². The molecule has 2 aliphatic rings. The fourth-order valence-electron chi connectivity index (χ4n) is 5.78. The zero-order valence-corrected chi connectivity index (χ0v) is 24.3. The maximum Gasteiger partial charge on any atom is 0.223 e. The average molecular weight is 574 g/mol. The minimum Gasteiger partial charge on any atom is -0.389 e. The highest BCUT2D eigenvalue weighted by atomic mass is 35.5. The Morgan fingerprint density at radius 1 is 1.20 bits per heavy atom. The summed E-state index contributed by atoms with van der Waals surface area (Å²) < 4.78 is 29.6. The lowest BCUT2D eigenvalue weighted by Gasteiger charge is -2.39. The van der Waals surface area contributed by atoms with Crippen LogP contribution in [-0.4, -0.2) is 75.2 Å². The first kappa shape index (κ1) is 28.9. The van der Waals surface area contributed by atoms with E-state index in [4.69, 9.17) is 21.1 Å². The second kappa shape index (κ2) is 11.7. The molecule has 5 rings (SSSR count). The third kappa shape index (κ3) is 5.35. The molecule has 0 aliphatic carbocycles. The smallest absolute Gasteiger partial charge is 0.223 e. The summed E-state index contributed by atoms with van der Waals surface area (Å²) in [7, 11) is 0. The van der Waals surface area contributed by atoms with Crippen molar-refractivity contribution in [2.45, 2.75) is 77.9 Å². The van der Waals surface area contributed by atoms with Gasteiger partial charge in [-0.2, -0.15) is 0 Å². The molecule has 0 radical (unpaired) electrons. The molecule has 0 saturated carbocycles. The van der Waals surface area contributed by atoms with Crippen molar-refractivity contribution >= 4 is 28.5 Å². The van der Waals surface area contributed by atoms with Gasteiger partial charge in [-0.1, -0.05) is 11.6 Å². The molecule has 11 heteroatoms. The van der Waals surface area contributed by atoms with E-state index in [1.54, 1.807) is 12.1 Å². The molecule has 216 valence electrons. The maximum atomic E-state index is 16.6. The summed E-state index contributed by atoms with van der Waals surface area (Å²) in [5, 5.41) is 13.9. The summed E-state index contributed by atoms with van der Waals surface area (Å²) in [6.45, 7) is 12.4. The van der Waals surface area contributed by atoms with E-state index in [9.17, 15) is 9.90 Å². The predicted octanol–water partition coefficient (Wildman–Crippen LogP) is 4.31. The molecule has 2 saturated heterocycles. The van der Waals surface area contributed by atoms with Crippen LogP contribution < -0.4 is 10.7 Å². The summed E-state index contributed by atoms with van der Waals surface area (Å²) in [5.41, 5.74) is 1.82. The molecule has 3 aromatic rings. The maximum absolute atomic E-state index is 16.6. The topological polar surface area (TPSA) is 102 Å². The second-order valence-electron chi connectivity index (χ2n) is 11.2. The van der Waals surface area contributed by atoms with Crippen molar-refractivity contribution in [3.8, 4) is 11.3 Å². The molecule has 2 N–H and O–H groups in total. The van der Waals surface area contributed by atoms with Crippen molar-refractivity contribution in [1.29, 1.82) is 0 Å². The van der Waals surface area contributed by atoms with Gasteiger partial charge in [0, 0.05) is 53.5 Å². The van der Waals surface area contributed by atoms with Crippen LogP contribution >= 0.6 is 11.6 Å². The predicted molar refractivity (Wildman–Crippen MR) is 153 cm³/mol. The molecule has 0 unspecified atom stereocenters. The number of rotatable bonds is 6. The van der Waals surface area contributed by atoms with Crippen LogP contribution in [0.15, 0.2) is 23.1 Å². The Hall–Kier alpha value is -2.63. The number of pyridine rings is 1. The van der Waals surface area contributed by atoms with Gasteiger partial charge in [-0.25, -0.2) is 14.4 Å². The monoisotopic (exact) mass is 573 g/mol. The number of nitrogens with zero attached hydrogens (tertiary/aromatic N) is 4. The quantitative estimate of drug-likeness (QED) is 0.450. The van der Waals surface area contributed by atoms with Gasteiger partial charge >= 0.3 is 0 Å². The molecule has 2 aromatic heterocycles. The molecule has 1 aromatic carbocycles. The normalized spacial score (nSPS) is 24.1. The molecular weight excluding hydrogens is 537 g/mol. The lowest BCUT2D eigenvalue weighted by atomic mass is 10.0. The van der Waals surface area contributed by atoms with Crippen LogP contribution in [0.2, 0.25) is 5.02 Å². The van der Waals surface area contributed by atoms with E-state index in [0.29, 0.717) is 43.7 Å². The van der Waals surface area contributed by atoms with E-state index >= 15 is 4.39 Å². The van der Waals surface area contributed by atoms with Crippen LogP contribution in [0.3, 0.4) is 0 Å². The van der Waals surface area contributed by atoms with Gasteiger partial charge in [-0.3, -0.25) is 9.69 Å². The Kier molecular flexibility index (Phi) is 8.45. The number of ether oxygens (including phenoxy) is 2. The molecule has 4 atom stereocenters. The first-order valence-electron chi connectivity index (χ1n) is 13.8. The number of hydrogen-bond donors (Lipinski definition) is 2.